The number of hydrogen-bond acceptors (Lipinski definition) is 6. The van der Waals surface area contributed by atoms with Gasteiger partial charge in [0, 0.05) is 11.0 Å². The number of aromatic carboxylic acids is 1. The van der Waals surface area contributed by atoms with Gasteiger partial charge in [0.1, 0.15) is 0 Å². The molecule has 0 aromatic heterocycles. The van der Waals surface area contributed by atoms with E-state index < -0.39 is 5.97 Å². The highest BCUT2D eigenvalue weighted by molar-refractivity contribution is 9.10. The van der Waals surface area contributed by atoms with E-state index in [2.05, 4.69) is 20.9 Å². The predicted octanol–water partition coefficient (Wildman–Crippen LogP) is 5.18. The SMILES string of the molecule is CCOc1cc(Br)c(C=C2SC(=Nc3cccc(C(=O)O)c3)N(CC)C2=O)cc1OC. The van der Waals surface area contributed by atoms with Gasteiger partial charge in [0.2, 0.25) is 0 Å². The van der Waals surface area contributed by atoms with E-state index in [0.29, 0.717) is 40.4 Å². The standard InChI is InChI=1S/C22H21BrN2O5S/c1-4-25-20(26)19(11-14-10-17(29-3)18(30-5-2)12-16(14)23)31-22(25)24-15-8-6-7-13(9-15)21(27)28/h6-12H,4-5H2,1-3H3,(H,27,28). The molecule has 0 saturated carbocycles. The molecule has 3 rings (SSSR count). The number of amidine groups is 1. The normalized spacial score (nSPS) is 16.3. The van der Waals surface area contributed by atoms with Gasteiger partial charge in [-0.3, -0.25) is 9.69 Å². The van der Waals surface area contributed by atoms with Gasteiger partial charge in [-0.15, -0.1) is 0 Å². The van der Waals surface area contributed by atoms with Crippen LogP contribution in [0.5, 0.6) is 11.5 Å². The second-order valence-electron chi connectivity index (χ2n) is 6.37. The maximum absolute atomic E-state index is 12.9. The summed E-state index contributed by atoms with van der Waals surface area (Å²) in [7, 11) is 1.56. The summed E-state index contributed by atoms with van der Waals surface area (Å²) in [4.78, 5) is 30.7. The molecule has 0 spiro atoms. The van der Waals surface area contributed by atoms with E-state index in [-0.39, 0.29) is 11.5 Å². The molecule has 2 aromatic rings. The molecule has 0 unspecified atom stereocenters. The summed E-state index contributed by atoms with van der Waals surface area (Å²) in [5, 5.41) is 9.68. The molecule has 31 heavy (non-hydrogen) atoms. The number of carbonyl (C=O) groups is 2. The Hall–Kier alpha value is -2.78. The summed E-state index contributed by atoms with van der Waals surface area (Å²) in [6, 6.07) is 9.91. The summed E-state index contributed by atoms with van der Waals surface area (Å²) < 4.78 is 11.8. The lowest BCUT2D eigenvalue weighted by Gasteiger charge is -2.12. The third kappa shape index (κ3) is 5.11. The first-order chi connectivity index (χ1) is 14.9. The van der Waals surface area contributed by atoms with Gasteiger partial charge in [-0.05, 0) is 67.6 Å². The number of carboxylic acids is 1. The first-order valence-corrected chi connectivity index (χ1v) is 11.1. The summed E-state index contributed by atoms with van der Waals surface area (Å²) in [6.45, 7) is 4.70. The number of benzene rings is 2. The Morgan fingerprint density at radius 1 is 1.26 bits per heavy atom. The lowest BCUT2D eigenvalue weighted by atomic mass is 10.2. The number of amides is 1. The third-order valence-electron chi connectivity index (χ3n) is 4.39. The molecule has 1 aliphatic heterocycles. The van der Waals surface area contributed by atoms with Crippen LogP contribution in [0.25, 0.3) is 6.08 Å². The van der Waals surface area contributed by atoms with Crippen molar-refractivity contribution in [2.24, 2.45) is 4.99 Å². The monoisotopic (exact) mass is 504 g/mol. The van der Waals surface area contributed by atoms with Crippen LogP contribution in [0.3, 0.4) is 0 Å². The Balaban J connectivity index is 1.97. The Kier molecular flexibility index (Phi) is 7.40. The molecule has 1 saturated heterocycles. The minimum atomic E-state index is -1.03. The summed E-state index contributed by atoms with van der Waals surface area (Å²) >= 11 is 4.77. The molecule has 9 heteroatoms. The van der Waals surface area contributed by atoms with Gasteiger partial charge < -0.3 is 14.6 Å². The Bertz CT molecular complexity index is 1080. The highest BCUT2D eigenvalue weighted by Crippen LogP contribution is 2.38. The van der Waals surface area contributed by atoms with Crippen LogP contribution in [0.2, 0.25) is 0 Å². The number of carboxylic acid groups (broad SMARTS) is 1. The van der Waals surface area contributed by atoms with Crippen molar-refractivity contribution < 1.29 is 24.2 Å². The van der Waals surface area contributed by atoms with Crippen LogP contribution < -0.4 is 9.47 Å². The lowest BCUT2D eigenvalue weighted by molar-refractivity contribution is -0.122. The van der Waals surface area contributed by atoms with Crippen molar-refractivity contribution in [3.05, 3.63) is 56.9 Å². The number of rotatable bonds is 7. The second kappa shape index (κ2) is 10.0. The topological polar surface area (TPSA) is 88.4 Å². The van der Waals surface area contributed by atoms with E-state index >= 15 is 0 Å². The molecule has 1 N–H and O–H groups in total. The van der Waals surface area contributed by atoms with Crippen molar-refractivity contribution in [2.75, 3.05) is 20.3 Å². The van der Waals surface area contributed by atoms with Crippen molar-refractivity contribution in [1.82, 2.24) is 4.90 Å². The van der Waals surface area contributed by atoms with Crippen LogP contribution in [0.1, 0.15) is 29.8 Å². The number of ether oxygens (including phenoxy) is 2. The largest absolute Gasteiger partial charge is 0.493 e. The zero-order valence-electron chi connectivity index (χ0n) is 17.2. The first-order valence-electron chi connectivity index (χ1n) is 9.51. The fourth-order valence-corrected chi connectivity index (χ4v) is 4.41. The number of hydrogen-bond donors (Lipinski definition) is 1. The van der Waals surface area contributed by atoms with E-state index in [1.807, 2.05) is 19.9 Å². The van der Waals surface area contributed by atoms with Crippen molar-refractivity contribution in [2.45, 2.75) is 13.8 Å². The summed E-state index contributed by atoms with van der Waals surface area (Å²) in [5.74, 6) is -0.0148. The smallest absolute Gasteiger partial charge is 0.335 e. The van der Waals surface area contributed by atoms with Gasteiger partial charge in [0.05, 0.1) is 29.9 Å². The highest BCUT2D eigenvalue weighted by Gasteiger charge is 2.32. The van der Waals surface area contributed by atoms with Crippen molar-refractivity contribution in [1.29, 1.82) is 0 Å². The van der Waals surface area contributed by atoms with Crippen molar-refractivity contribution in [3.8, 4) is 11.5 Å². The molecule has 7 nitrogen and oxygen atoms in total. The summed E-state index contributed by atoms with van der Waals surface area (Å²) in [6.07, 6.45) is 1.77. The van der Waals surface area contributed by atoms with Crippen LogP contribution >= 0.6 is 27.7 Å². The first kappa shape index (κ1) is 22.9. The van der Waals surface area contributed by atoms with E-state index in [4.69, 9.17) is 9.47 Å². The molecule has 0 radical (unpaired) electrons. The second-order valence-corrected chi connectivity index (χ2v) is 8.23. The molecule has 1 fully saturated rings. The van der Waals surface area contributed by atoms with E-state index in [9.17, 15) is 14.7 Å². The number of nitrogens with zero attached hydrogens (tertiary/aromatic N) is 2. The van der Waals surface area contributed by atoms with Gasteiger partial charge in [-0.25, -0.2) is 9.79 Å². The van der Waals surface area contributed by atoms with Gasteiger partial charge >= 0.3 is 5.97 Å². The zero-order valence-corrected chi connectivity index (χ0v) is 19.6. The lowest BCUT2D eigenvalue weighted by Crippen LogP contribution is -2.28. The Morgan fingerprint density at radius 3 is 2.68 bits per heavy atom. The molecule has 1 aliphatic rings. The van der Waals surface area contributed by atoms with Gasteiger partial charge in [-0.1, -0.05) is 22.0 Å². The Labute approximate surface area is 192 Å². The molecule has 2 aromatic carbocycles. The predicted molar refractivity (Wildman–Crippen MR) is 125 cm³/mol. The van der Waals surface area contributed by atoms with Gasteiger partial charge in [-0.2, -0.15) is 0 Å². The number of thioether (sulfide) groups is 1. The summed E-state index contributed by atoms with van der Waals surface area (Å²) in [5.41, 5.74) is 1.38. The van der Waals surface area contributed by atoms with E-state index in [0.717, 1.165) is 10.0 Å². The maximum atomic E-state index is 12.9. The van der Waals surface area contributed by atoms with E-state index in [1.54, 1.807) is 36.3 Å². The van der Waals surface area contributed by atoms with Crippen LogP contribution in [0.4, 0.5) is 5.69 Å². The Morgan fingerprint density at radius 2 is 2.03 bits per heavy atom. The molecule has 1 heterocycles. The number of carbonyl (C=O) groups excluding carboxylic acids is 1. The molecule has 0 atom stereocenters. The average Bonchev–Trinajstić information content (AvgIpc) is 3.04. The van der Waals surface area contributed by atoms with Crippen LogP contribution in [0.15, 0.2) is 50.8 Å². The van der Waals surface area contributed by atoms with Crippen LogP contribution in [0, 0.1) is 0 Å². The van der Waals surface area contributed by atoms with E-state index in [1.165, 1.54) is 23.9 Å². The third-order valence-corrected chi connectivity index (χ3v) is 6.08. The number of halogens is 1. The fourth-order valence-electron chi connectivity index (χ4n) is 2.92. The van der Waals surface area contributed by atoms with Crippen LogP contribution in [-0.2, 0) is 4.79 Å². The highest BCUT2D eigenvalue weighted by atomic mass is 79.9. The maximum Gasteiger partial charge on any atom is 0.335 e. The minimum absolute atomic E-state index is 0.139. The van der Waals surface area contributed by atoms with Gasteiger partial charge in [0.25, 0.3) is 5.91 Å². The molecule has 0 aliphatic carbocycles. The molecule has 1 amide bonds. The molecular weight excluding hydrogens is 484 g/mol. The average molecular weight is 505 g/mol. The van der Waals surface area contributed by atoms with Crippen molar-refractivity contribution in [3.63, 3.8) is 0 Å². The number of methoxy groups -OCH3 is 1. The number of aliphatic imine (C=N–C) groups is 1. The van der Waals surface area contributed by atoms with Gasteiger partial charge in [0.15, 0.2) is 16.7 Å². The minimum Gasteiger partial charge on any atom is -0.493 e. The molecular formula is C22H21BrN2O5S. The molecule has 162 valence electrons. The quantitative estimate of drug-likeness (QED) is 0.522. The molecule has 0 bridgehead atoms. The fraction of sp³-hybridized carbons (Fsp3) is 0.227. The zero-order chi connectivity index (χ0) is 22.5. The van der Waals surface area contributed by atoms with Crippen molar-refractivity contribution >= 4 is 56.5 Å². The van der Waals surface area contributed by atoms with Crippen LogP contribution in [-0.4, -0.2) is 47.3 Å². The number of likely N-dealkylation sites (N-methyl/N-ethyl adjacent to an activating group) is 1.